The van der Waals surface area contributed by atoms with Crippen molar-refractivity contribution in [2.24, 2.45) is 33.7 Å². The summed E-state index contributed by atoms with van der Waals surface area (Å²) in [7, 11) is 1.29. The molecule has 1 aromatic rings. The highest BCUT2D eigenvalue weighted by atomic mass is 16.6. The van der Waals surface area contributed by atoms with Crippen molar-refractivity contribution < 1.29 is 24.3 Å². The summed E-state index contributed by atoms with van der Waals surface area (Å²) < 4.78 is 4.86. The Balaban J connectivity index is 1.22. The van der Waals surface area contributed by atoms with Crippen LogP contribution in [0.25, 0.3) is 0 Å². The van der Waals surface area contributed by atoms with Gasteiger partial charge in [0.25, 0.3) is 5.91 Å². The molecular weight excluding hydrogens is 492 g/mol. The molecule has 3 fully saturated rings. The molecule has 0 spiro atoms. The van der Waals surface area contributed by atoms with Crippen LogP contribution in [0.1, 0.15) is 76.8 Å². The number of carbonyl (C=O) groups excluding carboxylic acids is 2. The van der Waals surface area contributed by atoms with Gasteiger partial charge in [-0.1, -0.05) is 60.8 Å². The van der Waals surface area contributed by atoms with Gasteiger partial charge in [-0.25, -0.2) is 4.79 Å². The number of methoxy groups -OCH3 is 1. The van der Waals surface area contributed by atoms with Crippen LogP contribution in [0, 0.1) is 40.9 Å². The van der Waals surface area contributed by atoms with Gasteiger partial charge in [-0.05, 0) is 86.2 Å². The van der Waals surface area contributed by atoms with E-state index in [0.717, 1.165) is 50.7 Å². The van der Waals surface area contributed by atoms with E-state index in [1.165, 1.54) is 12.7 Å². The average molecular weight is 533 g/mol. The van der Waals surface area contributed by atoms with Gasteiger partial charge in [-0.15, -0.1) is 6.42 Å². The third-order valence-electron chi connectivity index (χ3n) is 10.6. The second kappa shape index (κ2) is 10.5. The van der Waals surface area contributed by atoms with E-state index >= 15 is 0 Å². The molecular formula is C32H40N2O5. The van der Waals surface area contributed by atoms with E-state index in [1.807, 2.05) is 6.07 Å². The number of aliphatic hydroxyl groups is 1. The first-order valence-corrected chi connectivity index (χ1v) is 14.2. The summed E-state index contributed by atoms with van der Waals surface area (Å²) in [6, 6.07) is 8.06. The van der Waals surface area contributed by atoms with Crippen LogP contribution in [-0.4, -0.2) is 42.0 Å². The molecule has 4 aliphatic rings. The Kier molecular flexibility index (Phi) is 7.37. The summed E-state index contributed by atoms with van der Waals surface area (Å²) in [5.74, 6) is 3.41. The minimum absolute atomic E-state index is 0.112. The lowest BCUT2D eigenvalue weighted by molar-refractivity contribution is -0.145. The van der Waals surface area contributed by atoms with Crippen molar-refractivity contribution in [1.29, 1.82) is 0 Å². The second-order valence-corrected chi connectivity index (χ2v) is 12.3. The molecule has 7 heteroatoms. The van der Waals surface area contributed by atoms with E-state index in [0.29, 0.717) is 29.7 Å². The normalized spacial score (nSPS) is 36.8. The lowest BCUT2D eigenvalue weighted by Crippen LogP contribution is -2.54. The third-order valence-corrected chi connectivity index (χ3v) is 10.6. The number of nitrogens with one attached hydrogen (secondary N) is 1. The van der Waals surface area contributed by atoms with Crippen LogP contribution in [0.15, 0.2) is 47.1 Å². The number of ether oxygens (including phenoxy) is 1. The fourth-order valence-electron chi connectivity index (χ4n) is 8.31. The number of fused-ring (bicyclic) bond motifs is 5. The zero-order chi connectivity index (χ0) is 27.8. The average Bonchev–Trinajstić information content (AvgIpc) is 3.22. The molecule has 1 amide bonds. The highest BCUT2D eigenvalue weighted by Gasteiger charge is 2.63. The van der Waals surface area contributed by atoms with E-state index < -0.39 is 23.5 Å². The number of rotatable bonds is 6. The van der Waals surface area contributed by atoms with Crippen LogP contribution in [0.2, 0.25) is 0 Å². The molecule has 0 bridgehead atoms. The van der Waals surface area contributed by atoms with Gasteiger partial charge in [-0.3, -0.25) is 4.79 Å². The first-order valence-electron chi connectivity index (χ1n) is 14.2. The van der Waals surface area contributed by atoms with Gasteiger partial charge in [0.1, 0.15) is 5.60 Å². The Hall–Kier alpha value is -3.11. The minimum atomic E-state index is -0.979. The molecule has 0 radical (unpaired) electrons. The number of benzene rings is 1. The summed E-state index contributed by atoms with van der Waals surface area (Å²) in [5.41, 5.74) is 1.86. The molecule has 4 aliphatic carbocycles. The zero-order valence-corrected chi connectivity index (χ0v) is 23.2. The van der Waals surface area contributed by atoms with Gasteiger partial charge < -0.3 is 20.0 Å². The molecule has 3 saturated carbocycles. The number of terminal acetylenes is 1. The maximum absolute atomic E-state index is 12.6. The largest absolute Gasteiger partial charge is 0.467 e. The molecule has 0 heterocycles. The predicted octanol–water partition coefficient (Wildman–Crippen LogP) is 4.72. The van der Waals surface area contributed by atoms with Crippen LogP contribution < -0.4 is 5.32 Å². The highest BCUT2D eigenvalue weighted by molar-refractivity contribution is 5.96. The smallest absolute Gasteiger partial charge is 0.333 e. The molecule has 208 valence electrons. The van der Waals surface area contributed by atoms with E-state index in [2.05, 4.69) is 36.3 Å². The van der Waals surface area contributed by atoms with Gasteiger partial charge in [0.2, 0.25) is 0 Å². The summed E-state index contributed by atoms with van der Waals surface area (Å²) in [6.45, 7) is 4.34. The van der Waals surface area contributed by atoms with Crippen LogP contribution in [0.4, 0.5) is 0 Å². The highest BCUT2D eigenvalue weighted by Crippen LogP contribution is 2.67. The molecule has 39 heavy (non-hydrogen) atoms. The fraction of sp³-hybridized carbons (Fsp3) is 0.594. The molecule has 1 aromatic carbocycles. The molecule has 7 atom stereocenters. The van der Waals surface area contributed by atoms with Gasteiger partial charge in [-0.2, -0.15) is 0 Å². The summed E-state index contributed by atoms with van der Waals surface area (Å²) >= 11 is 0. The molecule has 0 saturated heterocycles. The van der Waals surface area contributed by atoms with Crippen LogP contribution in [-0.2, 0) is 19.2 Å². The predicted molar refractivity (Wildman–Crippen MR) is 148 cm³/mol. The van der Waals surface area contributed by atoms with Crippen LogP contribution in [0.5, 0.6) is 0 Å². The van der Waals surface area contributed by atoms with Crippen LogP contribution in [0.3, 0.4) is 0 Å². The third kappa shape index (κ3) is 4.67. The Morgan fingerprint density at radius 2 is 1.87 bits per heavy atom. The monoisotopic (exact) mass is 532 g/mol. The minimum Gasteiger partial charge on any atom is -0.467 e. The Bertz CT molecular complexity index is 1220. The first kappa shape index (κ1) is 27.5. The van der Waals surface area contributed by atoms with Gasteiger partial charge in [0.15, 0.2) is 12.6 Å². The maximum atomic E-state index is 12.6. The van der Waals surface area contributed by atoms with Crippen LogP contribution >= 0.6 is 0 Å². The molecule has 1 unspecified atom stereocenters. The maximum Gasteiger partial charge on any atom is 0.333 e. The van der Waals surface area contributed by atoms with E-state index in [-0.39, 0.29) is 17.4 Å². The number of amides is 1. The Morgan fingerprint density at radius 1 is 1.13 bits per heavy atom. The topological polar surface area (TPSA) is 97.2 Å². The summed E-state index contributed by atoms with van der Waals surface area (Å²) in [6.07, 6.45) is 15.7. The van der Waals surface area contributed by atoms with Gasteiger partial charge in [0.05, 0.1) is 12.8 Å². The molecule has 7 nitrogen and oxygen atoms in total. The molecule has 2 N–H and O–H groups in total. The van der Waals surface area contributed by atoms with Crippen molar-refractivity contribution in [1.82, 2.24) is 5.32 Å². The zero-order valence-electron chi connectivity index (χ0n) is 23.2. The van der Waals surface area contributed by atoms with E-state index in [9.17, 15) is 14.7 Å². The number of allylic oxidation sites excluding steroid dienone is 2. The summed E-state index contributed by atoms with van der Waals surface area (Å²) in [5, 5.41) is 18.2. The van der Waals surface area contributed by atoms with Crippen molar-refractivity contribution in [3.63, 3.8) is 0 Å². The quantitative estimate of drug-likeness (QED) is 0.314. The van der Waals surface area contributed by atoms with Crippen molar-refractivity contribution in [2.45, 2.75) is 76.9 Å². The van der Waals surface area contributed by atoms with Crippen molar-refractivity contribution in [3.8, 4) is 12.3 Å². The number of hydrogen-bond acceptors (Lipinski definition) is 6. The SMILES string of the molecule is C#C[C@@]1(O)CC[C@H]2[C@@H]3CCC4=CC(=NOCC(=O)NC(C(=O)OC)c5ccccc5)CC[C@]4(C)[C@H]3CC[C@@]21C. The number of carbonyl (C=O) groups is 2. The molecule has 5 rings (SSSR count). The van der Waals surface area contributed by atoms with E-state index in [4.69, 9.17) is 16.0 Å². The van der Waals surface area contributed by atoms with Crippen molar-refractivity contribution >= 4 is 17.6 Å². The standard InChI is InChI=1S/C32H40N2O5/c1-5-32(37)18-15-26-24-12-11-22-19-23(13-16-30(22,2)25(24)14-17-31(26,32)3)34-39-20-27(35)33-28(29(36)38-4)21-9-7-6-8-10-21/h1,6-10,19,24-26,28,37H,11-18,20H2,2-4H3,(H,33,35)/t24-,25+,26+,28?,30+,31+,32-/m1/s1. The van der Waals surface area contributed by atoms with E-state index in [1.54, 1.807) is 24.3 Å². The molecule has 0 aliphatic heterocycles. The fourth-order valence-corrected chi connectivity index (χ4v) is 8.31. The number of hydrogen-bond donors (Lipinski definition) is 2. The number of oxime groups is 1. The number of nitrogens with zero attached hydrogens (tertiary/aromatic N) is 1. The second-order valence-electron chi connectivity index (χ2n) is 12.3. The Morgan fingerprint density at radius 3 is 2.59 bits per heavy atom. The van der Waals surface area contributed by atoms with Gasteiger partial charge in [0, 0.05) is 5.41 Å². The summed E-state index contributed by atoms with van der Waals surface area (Å²) in [4.78, 5) is 30.2. The lowest BCUT2D eigenvalue weighted by atomic mass is 9.46. The van der Waals surface area contributed by atoms with Crippen molar-refractivity contribution in [3.05, 3.63) is 47.5 Å². The Labute approximate surface area is 231 Å². The number of esters is 1. The van der Waals surface area contributed by atoms with Crippen molar-refractivity contribution in [2.75, 3.05) is 13.7 Å². The van der Waals surface area contributed by atoms with Gasteiger partial charge >= 0.3 is 5.97 Å². The molecule has 0 aromatic heterocycles. The lowest BCUT2D eigenvalue weighted by Gasteiger charge is -2.58. The first-order chi connectivity index (χ1) is 18.6.